The summed E-state index contributed by atoms with van der Waals surface area (Å²) in [6.45, 7) is 2.45. The number of piperazine rings is 1. The van der Waals surface area contributed by atoms with Gasteiger partial charge in [-0.3, -0.25) is 9.48 Å². The Morgan fingerprint density at radius 2 is 1.86 bits per heavy atom. The van der Waals surface area contributed by atoms with E-state index in [0.717, 1.165) is 4.68 Å². The van der Waals surface area contributed by atoms with E-state index in [4.69, 9.17) is 5.11 Å². The van der Waals surface area contributed by atoms with Crippen LogP contribution in [0, 0.1) is 0 Å². The van der Waals surface area contributed by atoms with Crippen LogP contribution in [0.5, 0.6) is 0 Å². The summed E-state index contributed by atoms with van der Waals surface area (Å²) in [4.78, 5) is 25.0. The first-order valence-corrected chi connectivity index (χ1v) is 8.41. The summed E-state index contributed by atoms with van der Waals surface area (Å²) < 4.78 is 26.0. The van der Waals surface area contributed by atoms with Gasteiger partial charge in [0, 0.05) is 33.2 Å². The van der Waals surface area contributed by atoms with E-state index in [1.54, 1.807) is 6.92 Å². The molecule has 0 saturated carbocycles. The Bertz CT molecular complexity index is 688. The van der Waals surface area contributed by atoms with Gasteiger partial charge in [0.25, 0.3) is 5.91 Å². The van der Waals surface area contributed by atoms with Crippen LogP contribution in [-0.2, 0) is 17.1 Å². The number of aromatic nitrogens is 2. The molecule has 2 rings (SSSR count). The van der Waals surface area contributed by atoms with Crippen molar-refractivity contribution in [2.24, 2.45) is 7.05 Å². The van der Waals surface area contributed by atoms with Gasteiger partial charge in [-0.2, -0.15) is 9.40 Å². The Labute approximate surface area is 128 Å². The van der Waals surface area contributed by atoms with Crippen LogP contribution < -0.4 is 0 Å². The van der Waals surface area contributed by atoms with Crippen molar-refractivity contribution in [3.8, 4) is 0 Å². The number of carbonyl (C=O) groups excluding carboxylic acids is 1. The second-order valence-electron chi connectivity index (χ2n) is 4.93. The van der Waals surface area contributed by atoms with Gasteiger partial charge in [0.05, 0.1) is 17.5 Å². The number of rotatable bonds is 4. The van der Waals surface area contributed by atoms with Crippen LogP contribution in [0.2, 0.25) is 0 Å². The van der Waals surface area contributed by atoms with Gasteiger partial charge in [0.15, 0.2) is 5.69 Å². The molecule has 22 heavy (non-hydrogen) atoms. The quantitative estimate of drug-likeness (QED) is 0.775. The van der Waals surface area contributed by atoms with Crippen LogP contribution in [0.4, 0.5) is 0 Å². The molecule has 10 heteroatoms. The van der Waals surface area contributed by atoms with Crippen LogP contribution in [0.3, 0.4) is 0 Å². The first-order valence-electron chi connectivity index (χ1n) is 6.80. The number of hydrogen-bond donors (Lipinski definition) is 1. The minimum Gasteiger partial charge on any atom is -0.477 e. The molecule has 0 aromatic carbocycles. The van der Waals surface area contributed by atoms with Gasteiger partial charge in [-0.25, -0.2) is 13.2 Å². The molecular weight excluding hydrogens is 312 g/mol. The van der Waals surface area contributed by atoms with E-state index < -0.39 is 21.9 Å². The molecule has 0 atom stereocenters. The van der Waals surface area contributed by atoms with E-state index in [1.807, 2.05) is 0 Å². The van der Waals surface area contributed by atoms with E-state index in [2.05, 4.69) is 5.10 Å². The summed E-state index contributed by atoms with van der Waals surface area (Å²) in [6.07, 6.45) is 1.22. The molecule has 1 aliphatic heterocycles. The van der Waals surface area contributed by atoms with Gasteiger partial charge in [0.2, 0.25) is 10.0 Å². The predicted octanol–water partition coefficient (Wildman–Crippen LogP) is -0.774. The molecule has 122 valence electrons. The second kappa shape index (κ2) is 6.05. The van der Waals surface area contributed by atoms with E-state index in [0.29, 0.717) is 0 Å². The van der Waals surface area contributed by atoms with Gasteiger partial charge < -0.3 is 10.0 Å². The number of amides is 1. The Balaban J connectivity index is 2.12. The Kier molecular flexibility index (Phi) is 4.52. The van der Waals surface area contributed by atoms with Crippen molar-refractivity contribution >= 4 is 21.9 Å². The summed E-state index contributed by atoms with van der Waals surface area (Å²) in [6, 6.07) is 0. The lowest BCUT2D eigenvalue weighted by molar-refractivity contribution is 0.0648. The van der Waals surface area contributed by atoms with E-state index in [9.17, 15) is 18.0 Å². The zero-order valence-corrected chi connectivity index (χ0v) is 13.2. The topological polar surface area (TPSA) is 113 Å². The lowest BCUT2D eigenvalue weighted by Gasteiger charge is -2.33. The zero-order chi connectivity index (χ0) is 16.5. The van der Waals surface area contributed by atoms with Crippen molar-refractivity contribution in [2.75, 3.05) is 31.9 Å². The third-order valence-corrected chi connectivity index (χ3v) is 5.54. The highest BCUT2D eigenvalue weighted by atomic mass is 32.2. The number of aromatic carboxylic acids is 1. The summed E-state index contributed by atoms with van der Waals surface area (Å²) in [7, 11) is -1.82. The summed E-state index contributed by atoms with van der Waals surface area (Å²) >= 11 is 0. The van der Waals surface area contributed by atoms with Gasteiger partial charge >= 0.3 is 5.97 Å². The van der Waals surface area contributed by atoms with Crippen molar-refractivity contribution in [2.45, 2.75) is 6.92 Å². The Morgan fingerprint density at radius 1 is 1.27 bits per heavy atom. The summed E-state index contributed by atoms with van der Waals surface area (Å²) in [5.41, 5.74) is -0.157. The largest absolute Gasteiger partial charge is 0.477 e. The number of carbonyl (C=O) groups is 2. The molecule has 0 radical (unpaired) electrons. The molecule has 1 saturated heterocycles. The molecule has 1 amide bonds. The monoisotopic (exact) mass is 330 g/mol. The highest BCUT2D eigenvalue weighted by Gasteiger charge is 2.31. The zero-order valence-electron chi connectivity index (χ0n) is 12.4. The van der Waals surface area contributed by atoms with Crippen molar-refractivity contribution < 1.29 is 23.1 Å². The summed E-state index contributed by atoms with van der Waals surface area (Å²) in [5.74, 6) is -1.65. The van der Waals surface area contributed by atoms with Crippen molar-refractivity contribution in [3.05, 3.63) is 17.5 Å². The first kappa shape index (κ1) is 16.4. The van der Waals surface area contributed by atoms with Gasteiger partial charge in [-0.05, 0) is 6.92 Å². The van der Waals surface area contributed by atoms with E-state index in [1.165, 1.54) is 22.4 Å². The molecule has 1 aromatic heterocycles. The minimum absolute atomic E-state index is 0.0156. The Hall–Kier alpha value is -1.94. The minimum atomic E-state index is -3.27. The number of sulfonamides is 1. The van der Waals surface area contributed by atoms with Crippen LogP contribution >= 0.6 is 0 Å². The highest BCUT2D eigenvalue weighted by molar-refractivity contribution is 7.89. The predicted molar refractivity (Wildman–Crippen MR) is 77.1 cm³/mol. The molecule has 1 N–H and O–H groups in total. The maximum Gasteiger partial charge on any atom is 0.354 e. The smallest absolute Gasteiger partial charge is 0.354 e. The standard InChI is InChI=1S/C12H18N4O5S/c1-3-22(20,21)16-6-4-15(5-7-16)11(17)9-8-13-14(2)10(9)12(18)19/h8H,3-7H2,1-2H3,(H,18,19). The number of hydrogen-bond acceptors (Lipinski definition) is 5. The fourth-order valence-corrected chi connectivity index (χ4v) is 3.45. The summed E-state index contributed by atoms with van der Waals surface area (Å²) in [5, 5.41) is 12.9. The Morgan fingerprint density at radius 3 is 2.36 bits per heavy atom. The number of carboxylic acids is 1. The second-order valence-corrected chi connectivity index (χ2v) is 7.18. The number of aryl methyl sites for hydroxylation is 1. The number of carboxylic acid groups (broad SMARTS) is 1. The van der Waals surface area contributed by atoms with E-state index in [-0.39, 0.29) is 43.2 Å². The maximum absolute atomic E-state index is 12.4. The molecule has 9 nitrogen and oxygen atoms in total. The van der Waals surface area contributed by atoms with Gasteiger partial charge in [0.1, 0.15) is 0 Å². The maximum atomic E-state index is 12.4. The van der Waals surface area contributed by atoms with E-state index >= 15 is 0 Å². The number of nitrogens with zero attached hydrogens (tertiary/aromatic N) is 4. The van der Waals surface area contributed by atoms with Crippen LogP contribution in [0.1, 0.15) is 27.8 Å². The highest BCUT2D eigenvalue weighted by Crippen LogP contribution is 2.14. The normalized spacial score (nSPS) is 16.7. The average molecular weight is 330 g/mol. The molecule has 1 aromatic rings. The molecule has 0 spiro atoms. The van der Waals surface area contributed by atoms with Gasteiger partial charge in [-0.15, -0.1) is 0 Å². The molecule has 0 unspecified atom stereocenters. The van der Waals surface area contributed by atoms with Crippen molar-refractivity contribution in [3.63, 3.8) is 0 Å². The van der Waals surface area contributed by atoms with Crippen LogP contribution in [0.15, 0.2) is 6.20 Å². The SMILES string of the molecule is CCS(=O)(=O)N1CCN(C(=O)c2cnn(C)c2C(=O)O)CC1. The van der Waals surface area contributed by atoms with Crippen LogP contribution in [-0.4, -0.2) is 76.3 Å². The molecule has 0 aliphatic carbocycles. The first-order chi connectivity index (χ1) is 10.3. The molecule has 0 bridgehead atoms. The lowest BCUT2D eigenvalue weighted by atomic mass is 10.2. The lowest BCUT2D eigenvalue weighted by Crippen LogP contribution is -2.51. The molecular formula is C12H18N4O5S. The fourth-order valence-electron chi connectivity index (χ4n) is 2.37. The van der Waals surface area contributed by atoms with Crippen molar-refractivity contribution in [1.82, 2.24) is 19.0 Å². The molecule has 1 aliphatic rings. The van der Waals surface area contributed by atoms with Gasteiger partial charge in [-0.1, -0.05) is 0 Å². The third kappa shape index (κ3) is 2.97. The molecule has 1 fully saturated rings. The fraction of sp³-hybridized carbons (Fsp3) is 0.583. The van der Waals surface area contributed by atoms with Crippen LogP contribution in [0.25, 0.3) is 0 Å². The van der Waals surface area contributed by atoms with Crippen molar-refractivity contribution in [1.29, 1.82) is 0 Å². The average Bonchev–Trinajstić information content (AvgIpc) is 2.88. The molecule has 2 heterocycles. The third-order valence-electron chi connectivity index (χ3n) is 3.66.